The summed E-state index contributed by atoms with van der Waals surface area (Å²) in [5.74, 6) is 1.65. The van der Waals surface area contributed by atoms with Gasteiger partial charge in [-0.1, -0.05) is 13.8 Å². The Morgan fingerprint density at radius 1 is 1.48 bits per heavy atom. The maximum Gasteiger partial charge on any atom is 0.171 e. The standard InChI is InChI=1S/C14H22N2O3S2/c1-3-13(17)12-6-5-11(9-15-12)16-7-8-20-10-14(16)21(18,19)4-2/h5-6,9,13-14,17H,3-4,7-8,10H2,1-2H3/t13-,14?/m0/s1. The summed E-state index contributed by atoms with van der Waals surface area (Å²) in [5.41, 5.74) is 1.44. The minimum Gasteiger partial charge on any atom is -0.387 e. The van der Waals surface area contributed by atoms with E-state index in [2.05, 4.69) is 4.98 Å². The van der Waals surface area contributed by atoms with Crippen molar-refractivity contribution in [2.45, 2.75) is 31.7 Å². The molecule has 1 N–H and O–H groups in total. The lowest BCUT2D eigenvalue weighted by atomic mass is 10.2. The molecular formula is C14H22N2O3S2. The molecule has 2 atom stereocenters. The molecule has 118 valence electrons. The van der Waals surface area contributed by atoms with Gasteiger partial charge in [0, 0.05) is 23.8 Å². The second-order valence-corrected chi connectivity index (χ2v) is 8.64. The molecule has 7 heteroatoms. The van der Waals surface area contributed by atoms with Crippen molar-refractivity contribution >= 4 is 27.3 Å². The van der Waals surface area contributed by atoms with E-state index in [4.69, 9.17) is 0 Å². The van der Waals surface area contributed by atoms with Crippen LogP contribution in [0.3, 0.4) is 0 Å². The molecule has 21 heavy (non-hydrogen) atoms. The fourth-order valence-electron chi connectivity index (χ4n) is 2.34. The van der Waals surface area contributed by atoms with Gasteiger partial charge in [0.25, 0.3) is 0 Å². The molecule has 1 saturated heterocycles. The molecule has 2 rings (SSSR count). The fraction of sp³-hybridized carbons (Fsp3) is 0.643. The molecule has 1 aromatic rings. The van der Waals surface area contributed by atoms with E-state index in [-0.39, 0.29) is 5.75 Å². The molecule has 0 amide bonds. The molecule has 1 aromatic heterocycles. The number of thioether (sulfide) groups is 1. The second kappa shape index (κ2) is 6.98. The van der Waals surface area contributed by atoms with Crippen LogP contribution >= 0.6 is 11.8 Å². The number of sulfone groups is 1. The van der Waals surface area contributed by atoms with Crippen LogP contribution in [-0.2, 0) is 9.84 Å². The highest BCUT2D eigenvalue weighted by molar-refractivity contribution is 8.01. The van der Waals surface area contributed by atoms with Gasteiger partial charge in [0.2, 0.25) is 0 Å². The van der Waals surface area contributed by atoms with Crippen molar-refractivity contribution < 1.29 is 13.5 Å². The third-order valence-electron chi connectivity index (χ3n) is 3.73. The minimum absolute atomic E-state index is 0.148. The van der Waals surface area contributed by atoms with E-state index in [1.165, 1.54) is 0 Å². The minimum atomic E-state index is -3.12. The quantitative estimate of drug-likeness (QED) is 0.888. The van der Waals surface area contributed by atoms with Crippen molar-refractivity contribution in [1.29, 1.82) is 0 Å². The Balaban J connectivity index is 2.26. The summed E-state index contributed by atoms with van der Waals surface area (Å²) < 4.78 is 24.5. The van der Waals surface area contributed by atoms with E-state index in [0.29, 0.717) is 24.4 Å². The first-order chi connectivity index (χ1) is 9.99. The molecule has 1 aliphatic rings. The van der Waals surface area contributed by atoms with Gasteiger partial charge < -0.3 is 10.0 Å². The van der Waals surface area contributed by atoms with Crippen molar-refractivity contribution in [1.82, 2.24) is 4.98 Å². The summed E-state index contributed by atoms with van der Waals surface area (Å²) in [6.07, 6.45) is 1.72. The summed E-state index contributed by atoms with van der Waals surface area (Å²) in [6.45, 7) is 4.28. The smallest absolute Gasteiger partial charge is 0.171 e. The first kappa shape index (κ1) is 16.6. The summed E-state index contributed by atoms with van der Waals surface area (Å²) in [5, 5.41) is 9.29. The van der Waals surface area contributed by atoms with Crippen LogP contribution in [0.15, 0.2) is 18.3 Å². The van der Waals surface area contributed by atoms with Crippen molar-refractivity contribution in [2.24, 2.45) is 0 Å². The molecular weight excluding hydrogens is 308 g/mol. The molecule has 1 unspecified atom stereocenters. The van der Waals surface area contributed by atoms with E-state index < -0.39 is 21.3 Å². The average Bonchev–Trinajstić information content (AvgIpc) is 2.54. The molecule has 0 saturated carbocycles. The lowest BCUT2D eigenvalue weighted by Crippen LogP contribution is -2.48. The third kappa shape index (κ3) is 3.70. The predicted octanol–water partition coefficient (Wildman–Crippen LogP) is 1.84. The number of anilines is 1. The van der Waals surface area contributed by atoms with Gasteiger partial charge in [0.1, 0.15) is 5.37 Å². The number of pyridine rings is 1. The largest absolute Gasteiger partial charge is 0.387 e. The summed E-state index contributed by atoms with van der Waals surface area (Å²) in [7, 11) is -3.12. The number of rotatable bonds is 5. The van der Waals surface area contributed by atoms with E-state index in [1.54, 1.807) is 30.9 Å². The Hall–Kier alpha value is -0.790. The van der Waals surface area contributed by atoms with Crippen molar-refractivity contribution in [3.8, 4) is 0 Å². The number of aromatic nitrogens is 1. The summed E-state index contributed by atoms with van der Waals surface area (Å²) in [4.78, 5) is 6.19. The molecule has 0 radical (unpaired) electrons. The first-order valence-electron chi connectivity index (χ1n) is 7.19. The van der Waals surface area contributed by atoms with E-state index >= 15 is 0 Å². The Labute approximate surface area is 130 Å². The Morgan fingerprint density at radius 2 is 2.24 bits per heavy atom. The maximum absolute atomic E-state index is 12.2. The first-order valence-corrected chi connectivity index (χ1v) is 10.1. The highest BCUT2D eigenvalue weighted by atomic mass is 32.2. The molecule has 5 nitrogen and oxygen atoms in total. The van der Waals surface area contributed by atoms with Crippen LogP contribution in [0.25, 0.3) is 0 Å². The van der Waals surface area contributed by atoms with Crippen molar-refractivity contribution in [2.75, 3.05) is 28.7 Å². The maximum atomic E-state index is 12.2. The zero-order chi connectivity index (χ0) is 15.5. The number of nitrogens with zero attached hydrogens (tertiary/aromatic N) is 2. The molecule has 0 spiro atoms. The summed E-state index contributed by atoms with van der Waals surface area (Å²) >= 11 is 1.67. The van der Waals surface area contributed by atoms with Crippen LogP contribution in [0.4, 0.5) is 5.69 Å². The molecule has 1 fully saturated rings. The lowest BCUT2D eigenvalue weighted by Gasteiger charge is -2.36. The van der Waals surface area contributed by atoms with Crippen LogP contribution in [-0.4, -0.2) is 47.7 Å². The van der Waals surface area contributed by atoms with Gasteiger partial charge in [-0.2, -0.15) is 11.8 Å². The number of aliphatic hydroxyl groups excluding tert-OH is 1. The Bertz CT molecular complexity index is 560. The summed E-state index contributed by atoms with van der Waals surface area (Å²) in [6, 6.07) is 3.64. The topological polar surface area (TPSA) is 70.5 Å². The Kier molecular flexibility index (Phi) is 5.51. The highest BCUT2D eigenvalue weighted by Gasteiger charge is 2.33. The van der Waals surface area contributed by atoms with E-state index in [0.717, 1.165) is 11.4 Å². The van der Waals surface area contributed by atoms with Gasteiger partial charge in [0.05, 0.1) is 23.7 Å². The van der Waals surface area contributed by atoms with Gasteiger partial charge in [0.15, 0.2) is 9.84 Å². The number of hydrogen-bond acceptors (Lipinski definition) is 6. The fourth-order valence-corrected chi connectivity index (χ4v) is 5.33. The van der Waals surface area contributed by atoms with Crippen LogP contribution < -0.4 is 4.90 Å². The van der Waals surface area contributed by atoms with Gasteiger partial charge in [-0.3, -0.25) is 4.98 Å². The predicted molar refractivity (Wildman–Crippen MR) is 87.4 cm³/mol. The molecule has 1 aliphatic heterocycles. The van der Waals surface area contributed by atoms with Crippen LogP contribution in [0.5, 0.6) is 0 Å². The van der Waals surface area contributed by atoms with E-state index in [9.17, 15) is 13.5 Å². The molecule has 0 bridgehead atoms. The average molecular weight is 330 g/mol. The number of aliphatic hydroxyl groups is 1. The van der Waals surface area contributed by atoms with Crippen molar-refractivity contribution in [3.63, 3.8) is 0 Å². The zero-order valence-corrected chi connectivity index (χ0v) is 14.0. The van der Waals surface area contributed by atoms with Gasteiger partial charge in [-0.05, 0) is 18.6 Å². The highest BCUT2D eigenvalue weighted by Crippen LogP contribution is 2.27. The molecule has 0 aromatic carbocycles. The van der Waals surface area contributed by atoms with Gasteiger partial charge in [-0.25, -0.2) is 8.42 Å². The monoisotopic (exact) mass is 330 g/mol. The molecule has 0 aliphatic carbocycles. The van der Waals surface area contributed by atoms with Gasteiger partial charge >= 0.3 is 0 Å². The Morgan fingerprint density at radius 3 is 2.81 bits per heavy atom. The van der Waals surface area contributed by atoms with Crippen molar-refractivity contribution in [3.05, 3.63) is 24.0 Å². The third-order valence-corrected chi connectivity index (χ3v) is 7.02. The van der Waals surface area contributed by atoms with E-state index in [1.807, 2.05) is 17.9 Å². The van der Waals surface area contributed by atoms with Crippen LogP contribution in [0, 0.1) is 0 Å². The zero-order valence-electron chi connectivity index (χ0n) is 12.4. The SMILES string of the molecule is CC[C@H](O)c1ccc(N2CCSCC2S(=O)(=O)CC)cn1. The second-order valence-electron chi connectivity index (χ2n) is 5.04. The van der Waals surface area contributed by atoms with Crippen LogP contribution in [0.2, 0.25) is 0 Å². The van der Waals surface area contributed by atoms with Gasteiger partial charge in [-0.15, -0.1) is 0 Å². The number of hydrogen-bond donors (Lipinski definition) is 1. The van der Waals surface area contributed by atoms with Crippen LogP contribution in [0.1, 0.15) is 32.1 Å². The normalized spacial score (nSPS) is 21.3. The molecule has 2 heterocycles. The lowest BCUT2D eigenvalue weighted by molar-refractivity contribution is 0.169.